The second kappa shape index (κ2) is 4.26. The van der Waals surface area contributed by atoms with Gasteiger partial charge in [-0.15, -0.1) is 0 Å². The van der Waals surface area contributed by atoms with Crippen molar-refractivity contribution in [2.24, 2.45) is 41.4 Å². The third-order valence-electron chi connectivity index (χ3n) is 6.00. The Labute approximate surface area is 107 Å². The molecule has 1 heteroatoms. The molecular formula is C16H29N. The van der Waals surface area contributed by atoms with E-state index in [2.05, 4.69) is 33.1 Å². The molecule has 0 aromatic carbocycles. The SMILES string of the molecule is CNC(C(C)CC(C)C)C1C2C3CCC(C3)C21. The minimum atomic E-state index is 0.802. The van der Waals surface area contributed by atoms with E-state index in [0.717, 1.165) is 47.5 Å². The fourth-order valence-corrected chi connectivity index (χ4v) is 5.62. The van der Waals surface area contributed by atoms with Gasteiger partial charge in [-0.3, -0.25) is 0 Å². The summed E-state index contributed by atoms with van der Waals surface area (Å²) in [5, 5.41) is 3.67. The van der Waals surface area contributed by atoms with Crippen LogP contribution in [0.5, 0.6) is 0 Å². The summed E-state index contributed by atoms with van der Waals surface area (Å²) in [7, 11) is 2.19. The minimum Gasteiger partial charge on any atom is -0.316 e. The van der Waals surface area contributed by atoms with E-state index in [1.807, 2.05) is 0 Å². The van der Waals surface area contributed by atoms with Crippen molar-refractivity contribution in [3.63, 3.8) is 0 Å². The summed E-state index contributed by atoms with van der Waals surface area (Å²) in [6.45, 7) is 7.19. The molecular weight excluding hydrogens is 206 g/mol. The fraction of sp³-hybridized carbons (Fsp3) is 1.00. The molecule has 17 heavy (non-hydrogen) atoms. The van der Waals surface area contributed by atoms with Crippen LogP contribution in [-0.4, -0.2) is 13.1 Å². The summed E-state index contributed by atoms with van der Waals surface area (Å²) in [5.74, 6) is 7.24. The molecule has 0 aromatic rings. The third-order valence-corrected chi connectivity index (χ3v) is 6.00. The van der Waals surface area contributed by atoms with Crippen LogP contribution in [0.3, 0.4) is 0 Å². The molecule has 1 N–H and O–H groups in total. The fourth-order valence-electron chi connectivity index (χ4n) is 5.62. The zero-order valence-electron chi connectivity index (χ0n) is 11.9. The highest BCUT2D eigenvalue weighted by atomic mass is 14.9. The normalized spacial score (nSPS) is 46.1. The molecule has 3 aliphatic rings. The lowest BCUT2D eigenvalue weighted by atomic mass is 9.85. The number of hydrogen-bond donors (Lipinski definition) is 1. The number of nitrogens with one attached hydrogen (secondary N) is 1. The van der Waals surface area contributed by atoms with E-state index in [1.165, 1.54) is 6.42 Å². The highest BCUT2D eigenvalue weighted by molar-refractivity contribution is 5.16. The van der Waals surface area contributed by atoms with Gasteiger partial charge in [0.1, 0.15) is 0 Å². The van der Waals surface area contributed by atoms with Crippen LogP contribution in [0.1, 0.15) is 46.5 Å². The van der Waals surface area contributed by atoms with Crippen LogP contribution < -0.4 is 5.32 Å². The maximum absolute atomic E-state index is 3.67. The molecule has 98 valence electrons. The monoisotopic (exact) mass is 235 g/mol. The molecule has 3 fully saturated rings. The predicted molar refractivity (Wildman–Crippen MR) is 72.8 cm³/mol. The Kier molecular flexibility index (Phi) is 3.01. The molecule has 0 aliphatic heterocycles. The molecule has 6 atom stereocenters. The summed E-state index contributed by atoms with van der Waals surface area (Å²) < 4.78 is 0. The Balaban J connectivity index is 1.64. The summed E-state index contributed by atoms with van der Waals surface area (Å²) in [6.07, 6.45) is 6.08. The summed E-state index contributed by atoms with van der Waals surface area (Å²) in [6, 6.07) is 0.802. The van der Waals surface area contributed by atoms with Crippen molar-refractivity contribution < 1.29 is 0 Å². The Hall–Kier alpha value is -0.0400. The first-order valence-electron chi connectivity index (χ1n) is 7.80. The van der Waals surface area contributed by atoms with Crippen LogP contribution in [0, 0.1) is 41.4 Å². The molecule has 2 bridgehead atoms. The molecule has 0 saturated heterocycles. The molecule has 0 aromatic heterocycles. The Morgan fingerprint density at radius 1 is 1.06 bits per heavy atom. The van der Waals surface area contributed by atoms with Crippen molar-refractivity contribution in [2.45, 2.75) is 52.5 Å². The van der Waals surface area contributed by atoms with E-state index < -0.39 is 0 Å². The van der Waals surface area contributed by atoms with Crippen LogP contribution >= 0.6 is 0 Å². The molecule has 3 rings (SSSR count). The van der Waals surface area contributed by atoms with Crippen molar-refractivity contribution in [1.82, 2.24) is 5.32 Å². The first-order valence-corrected chi connectivity index (χ1v) is 7.80. The van der Waals surface area contributed by atoms with Gasteiger partial charge < -0.3 is 5.32 Å². The predicted octanol–water partition coefficient (Wildman–Crippen LogP) is 3.55. The summed E-state index contributed by atoms with van der Waals surface area (Å²) in [4.78, 5) is 0. The van der Waals surface area contributed by atoms with E-state index in [9.17, 15) is 0 Å². The quantitative estimate of drug-likeness (QED) is 0.768. The highest BCUT2D eigenvalue weighted by Gasteiger charge is 2.66. The molecule has 0 amide bonds. The van der Waals surface area contributed by atoms with Gasteiger partial charge in [0.2, 0.25) is 0 Å². The molecule has 6 unspecified atom stereocenters. The third kappa shape index (κ3) is 1.85. The van der Waals surface area contributed by atoms with Crippen LogP contribution in [0.2, 0.25) is 0 Å². The highest BCUT2D eigenvalue weighted by Crippen LogP contribution is 2.70. The van der Waals surface area contributed by atoms with E-state index in [1.54, 1.807) is 19.3 Å². The topological polar surface area (TPSA) is 12.0 Å². The smallest absolute Gasteiger partial charge is 0.0124 e. The number of hydrogen-bond acceptors (Lipinski definition) is 1. The lowest BCUT2D eigenvalue weighted by Gasteiger charge is -2.27. The minimum absolute atomic E-state index is 0.802. The van der Waals surface area contributed by atoms with Gasteiger partial charge in [-0.05, 0) is 74.2 Å². The molecule has 1 nitrogen and oxygen atoms in total. The second-order valence-corrected chi connectivity index (χ2v) is 7.49. The first-order chi connectivity index (χ1) is 8.13. The zero-order valence-corrected chi connectivity index (χ0v) is 11.9. The van der Waals surface area contributed by atoms with Gasteiger partial charge in [-0.1, -0.05) is 20.8 Å². The van der Waals surface area contributed by atoms with E-state index in [-0.39, 0.29) is 0 Å². The van der Waals surface area contributed by atoms with Crippen molar-refractivity contribution >= 4 is 0 Å². The van der Waals surface area contributed by atoms with E-state index >= 15 is 0 Å². The first kappa shape index (κ1) is 12.0. The standard InChI is InChI=1S/C16H29N/c1-9(2)7-10(3)16(17-4)15-13-11-5-6-12(8-11)14(13)15/h9-17H,5-8H2,1-4H3. The van der Waals surface area contributed by atoms with Crippen LogP contribution in [0.15, 0.2) is 0 Å². The van der Waals surface area contributed by atoms with Crippen molar-refractivity contribution in [3.8, 4) is 0 Å². The van der Waals surface area contributed by atoms with Gasteiger partial charge in [0.15, 0.2) is 0 Å². The van der Waals surface area contributed by atoms with Crippen molar-refractivity contribution in [2.75, 3.05) is 7.05 Å². The largest absolute Gasteiger partial charge is 0.316 e. The number of fused-ring (bicyclic) bond motifs is 5. The second-order valence-electron chi connectivity index (χ2n) is 7.49. The molecule has 0 heterocycles. The van der Waals surface area contributed by atoms with Crippen LogP contribution in [0.4, 0.5) is 0 Å². The average Bonchev–Trinajstić information content (AvgIpc) is 2.69. The zero-order chi connectivity index (χ0) is 12.2. The lowest BCUT2D eigenvalue weighted by molar-refractivity contribution is 0.271. The van der Waals surface area contributed by atoms with Crippen LogP contribution in [0.25, 0.3) is 0 Å². The van der Waals surface area contributed by atoms with Gasteiger partial charge in [0, 0.05) is 6.04 Å². The summed E-state index contributed by atoms with van der Waals surface area (Å²) >= 11 is 0. The Morgan fingerprint density at radius 3 is 2.12 bits per heavy atom. The average molecular weight is 235 g/mol. The molecule has 0 spiro atoms. The Morgan fingerprint density at radius 2 is 1.65 bits per heavy atom. The van der Waals surface area contributed by atoms with Gasteiger partial charge in [-0.2, -0.15) is 0 Å². The van der Waals surface area contributed by atoms with Gasteiger partial charge in [0.05, 0.1) is 0 Å². The van der Waals surface area contributed by atoms with Crippen molar-refractivity contribution in [1.29, 1.82) is 0 Å². The molecule has 0 radical (unpaired) electrons. The lowest BCUT2D eigenvalue weighted by Crippen LogP contribution is -2.37. The summed E-state index contributed by atoms with van der Waals surface area (Å²) in [5.41, 5.74) is 0. The van der Waals surface area contributed by atoms with Gasteiger partial charge in [0.25, 0.3) is 0 Å². The van der Waals surface area contributed by atoms with Gasteiger partial charge in [-0.25, -0.2) is 0 Å². The Bertz CT molecular complexity index is 269. The maximum Gasteiger partial charge on any atom is 0.0124 e. The van der Waals surface area contributed by atoms with E-state index in [0.29, 0.717) is 0 Å². The number of rotatable bonds is 5. The maximum atomic E-state index is 3.67. The van der Waals surface area contributed by atoms with Crippen LogP contribution in [-0.2, 0) is 0 Å². The van der Waals surface area contributed by atoms with Gasteiger partial charge >= 0.3 is 0 Å². The molecule has 3 aliphatic carbocycles. The molecule has 3 saturated carbocycles. The van der Waals surface area contributed by atoms with E-state index in [4.69, 9.17) is 0 Å². The van der Waals surface area contributed by atoms with Crippen molar-refractivity contribution in [3.05, 3.63) is 0 Å².